The van der Waals surface area contributed by atoms with Gasteiger partial charge in [-0.2, -0.15) is 0 Å². The molecule has 0 bridgehead atoms. The van der Waals surface area contributed by atoms with Crippen molar-refractivity contribution in [2.45, 2.75) is 38.9 Å². The summed E-state index contributed by atoms with van der Waals surface area (Å²) in [6.07, 6.45) is 0. The highest BCUT2D eigenvalue weighted by atomic mass is 35.5. The highest BCUT2D eigenvalue weighted by Crippen LogP contribution is 2.37. The van der Waals surface area contributed by atoms with Gasteiger partial charge in [-0.1, -0.05) is 38.4 Å². The molecule has 0 amide bonds. The molecule has 2 aromatic carbocycles. The highest BCUT2D eigenvalue weighted by molar-refractivity contribution is 6.74. The maximum absolute atomic E-state index is 11.2. The van der Waals surface area contributed by atoms with E-state index in [0.717, 1.165) is 22.0 Å². The number of carbonyl (C=O) groups is 1. The Morgan fingerprint density at radius 3 is 2.15 bits per heavy atom. The second-order valence-corrected chi connectivity index (χ2v) is 14.5. The van der Waals surface area contributed by atoms with Gasteiger partial charge < -0.3 is 14.3 Å². The quantitative estimate of drug-likeness (QED) is 0.187. The minimum absolute atomic E-state index is 0.122. The van der Waals surface area contributed by atoms with Gasteiger partial charge in [0.05, 0.1) is 18.1 Å². The number of halogens is 1. The number of rotatable bonds is 3. The first-order valence-electron chi connectivity index (χ1n) is 10.8. The molecule has 34 heavy (non-hydrogen) atoms. The van der Waals surface area contributed by atoms with Crippen molar-refractivity contribution >= 4 is 47.7 Å². The number of nitrogens with zero attached hydrogens (tertiary/aromatic N) is 2. The van der Waals surface area contributed by atoms with Crippen LogP contribution in [0, 0.1) is 0 Å². The van der Waals surface area contributed by atoms with Gasteiger partial charge in [0.2, 0.25) is 8.32 Å². The maximum Gasteiger partial charge on any atom is 0.356 e. The van der Waals surface area contributed by atoms with Gasteiger partial charge in [-0.3, -0.25) is 0 Å². The van der Waals surface area contributed by atoms with Gasteiger partial charge in [-0.25, -0.2) is 14.8 Å². The summed E-state index contributed by atoms with van der Waals surface area (Å²) in [5.74, 6) is 0.520. The SMILES string of the molecule is CC(C)(C)[Si](C)(C)Oc1ccc2ccc(Cl)nc2c1.COC(=O)c1ccc2ccc(O)cc2n1. The van der Waals surface area contributed by atoms with E-state index in [1.807, 2.05) is 24.3 Å². The molecule has 0 fully saturated rings. The summed E-state index contributed by atoms with van der Waals surface area (Å²) in [7, 11) is -0.505. The number of carbonyl (C=O) groups excluding carboxylic acids is 1. The largest absolute Gasteiger partial charge is 0.543 e. The first kappa shape index (κ1) is 25.5. The molecule has 0 saturated carbocycles. The zero-order valence-electron chi connectivity index (χ0n) is 20.2. The molecule has 178 valence electrons. The van der Waals surface area contributed by atoms with Gasteiger partial charge in [-0.15, -0.1) is 0 Å². The standard InChI is InChI=1S/C15H20ClNOSi.C11H9NO3/c1-15(2,3)19(4,5)18-12-8-6-11-7-9-14(16)17-13(11)10-12;1-15-11(14)9-5-3-7-2-4-8(13)6-10(7)12-9/h6-10H,1-5H3;2-6,13H,1H3. The number of benzene rings is 2. The Morgan fingerprint density at radius 2 is 1.50 bits per heavy atom. The lowest BCUT2D eigenvalue weighted by atomic mass is 10.2. The summed E-state index contributed by atoms with van der Waals surface area (Å²) in [6, 6.07) is 17.9. The number of pyridine rings is 2. The fourth-order valence-corrected chi connectivity index (χ4v) is 4.08. The van der Waals surface area contributed by atoms with Crippen LogP contribution in [0.25, 0.3) is 21.8 Å². The van der Waals surface area contributed by atoms with E-state index in [-0.39, 0.29) is 16.5 Å². The Kier molecular flexibility index (Phi) is 7.48. The Balaban J connectivity index is 0.000000196. The molecular weight excluding hydrogens is 468 g/mol. The number of esters is 1. The minimum atomic E-state index is -1.81. The van der Waals surface area contributed by atoms with E-state index >= 15 is 0 Å². The van der Waals surface area contributed by atoms with E-state index in [4.69, 9.17) is 16.0 Å². The van der Waals surface area contributed by atoms with Gasteiger partial charge in [0.25, 0.3) is 0 Å². The van der Waals surface area contributed by atoms with E-state index in [1.165, 1.54) is 13.2 Å². The number of phenols is 1. The molecule has 0 atom stereocenters. The van der Waals surface area contributed by atoms with Crippen LogP contribution < -0.4 is 4.43 Å². The first-order chi connectivity index (χ1) is 15.9. The average molecular weight is 497 g/mol. The van der Waals surface area contributed by atoms with E-state index < -0.39 is 14.3 Å². The normalized spacial score (nSPS) is 11.6. The summed E-state index contributed by atoms with van der Waals surface area (Å²) in [5.41, 5.74) is 1.68. The van der Waals surface area contributed by atoms with Crippen molar-refractivity contribution < 1.29 is 19.1 Å². The first-order valence-corrected chi connectivity index (χ1v) is 14.1. The van der Waals surface area contributed by atoms with E-state index in [9.17, 15) is 9.90 Å². The summed E-state index contributed by atoms with van der Waals surface area (Å²) < 4.78 is 10.8. The van der Waals surface area contributed by atoms with Crippen molar-refractivity contribution in [2.24, 2.45) is 0 Å². The van der Waals surface area contributed by atoms with Crippen molar-refractivity contribution in [3.05, 3.63) is 71.5 Å². The van der Waals surface area contributed by atoms with Crippen LogP contribution >= 0.6 is 11.6 Å². The lowest BCUT2D eigenvalue weighted by Crippen LogP contribution is -2.43. The molecule has 2 aromatic heterocycles. The van der Waals surface area contributed by atoms with Gasteiger partial charge in [0, 0.05) is 22.9 Å². The lowest BCUT2D eigenvalue weighted by molar-refractivity contribution is 0.0594. The van der Waals surface area contributed by atoms with Crippen LogP contribution in [0.3, 0.4) is 0 Å². The zero-order chi connectivity index (χ0) is 25.1. The lowest BCUT2D eigenvalue weighted by Gasteiger charge is -2.36. The zero-order valence-corrected chi connectivity index (χ0v) is 22.0. The second kappa shape index (κ2) is 9.99. The van der Waals surface area contributed by atoms with Gasteiger partial charge in [0.15, 0.2) is 0 Å². The molecule has 0 spiro atoms. The number of hydrogen-bond acceptors (Lipinski definition) is 6. The average Bonchev–Trinajstić information content (AvgIpc) is 2.77. The fraction of sp³-hybridized carbons (Fsp3) is 0.269. The summed E-state index contributed by atoms with van der Waals surface area (Å²) in [4.78, 5) is 19.6. The third-order valence-corrected chi connectivity index (χ3v) is 10.4. The molecule has 4 aromatic rings. The predicted molar refractivity (Wildman–Crippen MR) is 139 cm³/mol. The Hall–Kier alpha value is -3.16. The third kappa shape index (κ3) is 6.04. The monoisotopic (exact) mass is 496 g/mol. The predicted octanol–water partition coefficient (Wildman–Crippen LogP) is 7.00. The molecule has 2 heterocycles. The molecule has 4 rings (SSSR count). The number of ether oxygens (including phenoxy) is 1. The van der Waals surface area contributed by atoms with Crippen LogP contribution in [0.2, 0.25) is 23.3 Å². The van der Waals surface area contributed by atoms with Crippen LogP contribution in [0.15, 0.2) is 60.7 Å². The highest BCUT2D eigenvalue weighted by Gasteiger charge is 2.38. The summed E-state index contributed by atoms with van der Waals surface area (Å²) in [6.45, 7) is 11.2. The minimum Gasteiger partial charge on any atom is -0.543 e. The number of hydrogen-bond donors (Lipinski definition) is 1. The van der Waals surface area contributed by atoms with Crippen molar-refractivity contribution in [3.8, 4) is 11.5 Å². The van der Waals surface area contributed by atoms with Crippen LogP contribution in [0.4, 0.5) is 0 Å². The summed E-state index contributed by atoms with van der Waals surface area (Å²) in [5, 5.41) is 11.9. The maximum atomic E-state index is 11.2. The second-order valence-electron chi connectivity index (χ2n) is 9.42. The van der Waals surface area contributed by atoms with E-state index in [1.54, 1.807) is 30.3 Å². The van der Waals surface area contributed by atoms with E-state index in [2.05, 4.69) is 48.6 Å². The molecule has 6 nitrogen and oxygen atoms in total. The third-order valence-electron chi connectivity index (χ3n) is 5.88. The van der Waals surface area contributed by atoms with Crippen molar-refractivity contribution in [1.29, 1.82) is 0 Å². The number of methoxy groups -OCH3 is 1. The molecule has 0 unspecified atom stereocenters. The van der Waals surface area contributed by atoms with Crippen LogP contribution in [-0.4, -0.2) is 36.5 Å². The number of phenolic OH excluding ortho intramolecular Hbond substituents is 1. The van der Waals surface area contributed by atoms with Crippen molar-refractivity contribution in [1.82, 2.24) is 9.97 Å². The Morgan fingerprint density at radius 1 is 0.912 bits per heavy atom. The Labute approximate surface area is 205 Å². The molecule has 0 radical (unpaired) electrons. The van der Waals surface area contributed by atoms with E-state index in [0.29, 0.717) is 10.7 Å². The van der Waals surface area contributed by atoms with Gasteiger partial charge >= 0.3 is 5.97 Å². The molecule has 0 aliphatic heterocycles. The molecule has 0 saturated heterocycles. The van der Waals surface area contributed by atoms with Crippen LogP contribution in [0.5, 0.6) is 11.5 Å². The topological polar surface area (TPSA) is 81.5 Å². The number of aromatic nitrogens is 2. The fourth-order valence-electron chi connectivity index (χ4n) is 2.91. The van der Waals surface area contributed by atoms with Gasteiger partial charge in [0.1, 0.15) is 22.3 Å². The van der Waals surface area contributed by atoms with Gasteiger partial charge in [-0.05, 0) is 60.6 Å². The molecule has 0 aliphatic rings. The number of aromatic hydroxyl groups is 1. The Bertz CT molecular complexity index is 1340. The molecule has 1 N–H and O–H groups in total. The van der Waals surface area contributed by atoms with Crippen molar-refractivity contribution in [2.75, 3.05) is 7.11 Å². The molecule has 0 aliphatic carbocycles. The van der Waals surface area contributed by atoms with Crippen molar-refractivity contribution in [3.63, 3.8) is 0 Å². The van der Waals surface area contributed by atoms with Crippen LogP contribution in [0.1, 0.15) is 31.3 Å². The summed E-state index contributed by atoms with van der Waals surface area (Å²) >= 11 is 5.93. The molecule has 8 heteroatoms. The van der Waals surface area contributed by atoms with Crippen LogP contribution in [-0.2, 0) is 4.74 Å². The molecular formula is C26H29ClN2O4Si. The number of fused-ring (bicyclic) bond motifs is 2. The smallest absolute Gasteiger partial charge is 0.356 e.